The summed E-state index contributed by atoms with van der Waals surface area (Å²) in [4.78, 5) is 12.5. The zero-order valence-corrected chi connectivity index (χ0v) is 17.0. The van der Waals surface area contributed by atoms with Crippen LogP contribution >= 0.6 is 11.6 Å². The predicted molar refractivity (Wildman–Crippen MR) is 108 cm³/mol. The molecule has 0 aliphatic heterocycles. The summed E-state index contributed by atoms with van der Waals surface area (Å²) in [5.74, 6) is 0.0481. The van der Waals surface area contributed by atoms with Gasteiger partial charge in [-0.05, 0) is 61.6 Å². The molecule has 27 heavy (non-hydrogen) atoms. The molecule has 7 heteroatoms. The molecule has 1 fully saturated rings. The number of nitrogens with one attached hydrogen (secondary N) is 2. The maximum Gasteiger partial charge on any atom is 0.261 e. The van der Waals surface area contributed by atoms with Crippen LogP contribution in [0.1, 0.15) is 37.3 Å². The van der Waals surface area contributed by atoms with Crippen molar-refractivity contribution >= 4 is 33.2 Å². The molecule has 0 atom stereocenters. The fourth-order valence-electron chi connectivity index (χ4n) is 2.99. The van der Waals surface area contributed by atoms with Crippen molar-refractivity contribution in [2.75, 3.05) is 11.3 Å². The van der Waals surface area contributed by atoms with Crippen molar-refractivity contribution in [1.82, 2.24) is 5.32 Å². The van der Waals surface area contributed by atoms with E-state index < -0.39 is 15.4 Å². The number of hydrogen-bond acceptors (Lipinski definition) is 3. The van der Waals surface area contributed by atoms with Gasteiger partial charge in [0.05, 0.1) is 10.3 Å². The van der Waals surface area contributed by atoms with Gasteiger partial charge in [-0.2, -0.15) is 0 Å². The van der Waals surface area contributed by atoms with E-state index in [1.54, 1.807) is 18.2 Å². The Morgan fingerprint density at radius 1 is 1.15 bits per heavy atom. The van der Waals surface area contributed by atoms with Gasteiger partial charge in [-0.1, -0.05) is 36.7 Å². The lowest BCUT2D eigenvalue weighted by Crippen LogP contribution is -2.35. The van der Waals surface area contributed by atoms with Crippen LogP contribution in [0.2, 0.25) is 5.02 Å². The largest absolute Gasteiger partial charge is 0.355 e. The SMILES string of the molecule is CCCNC(=O)C1(c2ccc(NS(=O)(=O)c3ccc(C)c(Cl)c3)cc2)CC1. The van der Waals surface area contributed by atoms with E-state index in [0.717, 1.165) is 30.4 Å². The molecule has 144 valence electrons. The third-order valence-corrected chi connectivity index (χ3v) is 6.65. The van der Waals surface area contributed by atoms with Gasteiger partial charge < -0.3 is 5.32 Å². The third kappa shape index (κ3) is 4.12. The molecule has 0 bridgehead atoms. The molecule has 2 N–H and O–H groups in total. The number of amides is 1. The van der Waals surface area contributed by atoms with Gasteiger partial charge in [0.1, 0.15) is 0 Å². The highest BCUT2D eigenvalue weighted by atomic mass is 35.5. The highest BCUT2D eigenvalue weighted by molar-refractivity contribution is 7.92. The first kappa shape index (κ1) is 19.7. The normalized spacial score (nSPS) is 15.2. The molecule has 0 heterocycles. The average Bonchev–Trinajstić information content (AvgIpc) is 3.44. The Kier molecular flexibility index (Phi) is 5.49. The van der Waals surface area contributed by atoms with Crippen LogP contribution in [0.25, 0.3) is 0 Å². The fraction of sp³-hybridized carbons (Fsp3) is 0.350. The van der Waals surface area contributed by atoms with E-state index in [4.69, 9.17) is 11.6 Å². The summed E-state index contributed by atoms with van der Waals surface area (Å²) in [5, 5.41) is 3.36. The summed E-state index contributed by atoms with van der Waals surface area (Å²) >= 11 is 6.04. The Balaban J connectivity index is 1.76. The Morgan fingerprint density at radius 3 is 2.37 bits per heavy atom. The number of carbonyl (C=O) groups is 1. The predicted octanol–water partition coefficient (Wildman–Crippen LogP) is 4.01. The van der Waals surface area contributed by atoms with Crippen molar-refractivity contribution in [3.8, 4) is 0 Å². The van der Waals surface area contributed by atoms with Crippen molar-refractivity contribution in [1.29, 1.82) is 0 Å². The van der Waals surface area contributed by atoms with E-state index in [1.165, 1.54) is 12.1 Å². The highest BCUT2D eigenvalue weighted by Gasteiger charge is 2.50. The number of benzene rings is 2. The summed E-state index contributed by atoms with van der Waals surface area (Å²) in [6.07, 6.45) is 2.52. The van der Waals surface area contributed by atoms with E-state index in [2.05, 4.69) is 10.0 Å². The van der Waals surface area contributed by atoms with Crippen LogP contribution in [0.3, 0.4) is 0 Å². The van der Waals surface area contributed by atoms with Crippen molar-refractivity contribution in [3.05, 3.63) is 58.6 Å². The molecule has 1 amide bonds. The summed E-state index contributed by atoms with van der Waals surface area (Å²) in [6.45, 7) is 4.49. The molecular formula is C20H23ClN2O3S. The fourth-order valence-corrected chi connectivity index (χ4v) is 4.32. The van der Waals surface area contributed by atoms with Gasteiger partial charge in [0.15, 0.2) is 0 Å². The van der Waals surface area contributed by atoms with Crippen molar-refractivity contribution in [2.45, 2.75) is 43.4 Å². The molecule has 5 nitrogen and oxygen atoms in total. The van der Waals surface area contributed by atoms with Crippen molar-refractivity contribution in [2.24, 2.45) is 0 Å². The average molecular weight is 407 g/mol. The van der Waals surface area contributed by atoms with E-state index in [9.17, 15) is 13.2 Å². The molecule has 0 unspecified atom stereocenters. The standard InChI is InChI=1S/C20H23ClN2O3S/c1-3-12-22-19(24)20(10-11-20)15-5-7-16(8-6-15)23-27(25,26)17-9-4-14(2)18(21)13-17/h4-9,13,23H,3,10-12H2,1-2H3,(H,22,24). The second kappa shape index (κ2) is 7.52. The van der Waals surface area contributed by atoms with Crippen LogP contribution < -0.4 is 10.0 Å². The van der Waals surface area contributed by atoms with E-state index >= 15 is 0 Å². The minimum absolute atomic E-state index is 0.0481. The van der Waals surface area contributed by atoms with Crippen LogP contribution in [0.4, 0.5) is 5.69 Å². The van der Waals surface area contributed by atoms with Crippen LogP contribution in [0.5, 0.6) is 0 Å². The monoisotopic (exact) mass is 406 g/mol. The molecule has 3 rings (SSSR count). The van der Waals surface area contributed by atoms with Crippen LogP contribution in [-0.2, 0) is 20.2 Å². The Bertz CT molecular complexity index is 952. The maximum absolute atomic E-state index is 12.6. The minimum atomic E-state index is -3.73. The molecule has 1 aliphatic rings. The quantitative estimate of drug-likeness (QED) is 0.729. The number of aryl methyl sites for hydroxylation is 1. The number of carbonyl (C=O) groups excluding carboxylic acids is 1. The van der Waals surface area contributed by atoms with Gasteiger partial charge >= 0.3 is 0 Å². The molecule has 0 saturated heterocycles. The maximum atomic E-state index is 12.6. The first-order valence-electron chi connectivity index (χ1n) is 8.96. The number of sulfonamides is 1. The van der Waals surface area contributed by atoms with Gasteiger partial charge in [0.25, 0.3) is 10.0 Å². The number of halogens is 1. The molecule has 0 spiro atoms. The molecule has 2 aromatic rings. The summed E-state index contributed by atoms with van der Waals surface area (Å²) < 4.78 is 27.7. The number of anilines is 1. The Morgan fingerprint density at radius 2 is 1.81 bits per heavy atom. The number of hydrogen-bond donors (Lipinski definition) is 2. The minimum Gasteiger partial charge on any atom is -0.355 e. The summed E-state index contributed by atoms with van der Waals surface area (Å²) in [6, 6.07) is 11.6. The molecule has 1 aliphatic carbocycles. The van der Waals surface area contributed by atoms with Gasteiger partial charge in [-0.25, -0.2) is 8.42 Å². The lowest BCUT2D eigenvalue weighted by atomic mass is 9.95. The zero-order valence-electron chi connectivity index (χ0n) is 15.4. The Hall–Kier alpha value is -2.05. The van der Waals surface area contributed by atoms with E-state index in [0.29, 0.717) is 17.3 Å². The topological polar surface area (TPSA) is 75.3 Å². The van der Waals surface area contributed by atoms with E-state index in [1.807, 2.05) is 26.0 Å². The van der Waals surface area contributed by atoms with E-state index in [-0.39, 0.29) is 10.8 Å². The smallest absolute Gasteiger partial charge is 0.261 e. The summed E-state index contributed by atoms with van der Waals surface area (Å²) in [7, 11) is -3.73. The third-order valence-electron chi connectivity index (χ3n) is 4.86. The molecule has 2 aromatic carbocycles. The Labute approximate surface area is 165 Å². The second-order valence-electron chi connectivity index (χ2n) is 6.93. The first-order valence-corrected chi connectivity index (χ1v) is 10.8. The second-order valence-corrected chi connectivity index (χ2v) is 9.02. The van der Waals surface area contributed by atoms with Crippen LogP contribution in [0.15, 0.2) is 47.4 Å². The molecular weight excluding hydrogens is 384 g/mol. The van der Waals surface area contributed by atoms with Crippen LogP contribution in [-0.4, -0.2) is 20.9 Å². The number of rotatable bonds is 7. The van der Waals surface area contributed by atoms with Crippen molar-refractivity contribution in [3.63, 3.8) is 0 Å². The molecule has 0 aromatic heterocycles. The highest BCUT2D eigenvalue weighted by Crippen LogP contribution is 2.48. The van der Waals surface area contributed by atoms with Crippen molar-refractivity contribution < 1.29 is 13.2 Å². The zero-order chi connectivity index (χ0) is 19.7. The first-order chi connectivity index (χ1) is 12.8. The molecule has 0 radical (unpaired) electrons. The molecule has 1 saturated carbocycles. The van der Waals surface area contributed by atoms with Gasteiger partial charge in [0.2, 0.25) is 5.91 Å². The lowest BCUT2D eigenvalue weighted by molar-refractivity contribution is -0.123. The van der Waals surface area contributed by atoms with Crippen LogP contribution in [0, 0.1) is 6.92 Å². The van der Waals surface area contributed by atoms with Gasteiger partial charge in [0, 0.05) is 17.3 Å². The van der Waals surface area contributed by atoms with Gasteiger partial charge in [-0.15, -0.1) is 0 Å². The lowest BCUT2D eigenvalue weighted by Gasteiger charge is -2.16. The summed E-state index contributed by atoms with van der Waals surface area (Å²) in [5.41, 5.74) is 1.71. The van der Waals surface area contributed by atoms with Gasteiger partial charge in [-0.3, -0.25) is 9.52 Å².